The Kier molecular flexibility index (Phi) is 3.65. The minimum Gasteiger partial charge on any atom is -0.360 e. The van der Waals surface area contributed by atoms with Gasteiger partial charge < -0.3 is 5.32 Å². The van der Waals surface area contributed by atoms with E-state index in [0.29, 0.717) is 5.92 Å². The predicted molar refractivity (Wildman–Crippen MR) is 86.2 cm³/mol. The van der Waals surface area contributed by atoms with Crippen LogP contribution in [0.25, 0.3) is 22.2 Å². The van der Waals surface area contributed by atoms with Crippen molar-refractivity contribution in [2.24, 2.45) is 5.92 Å². The van der Waals surface area contributed by atoms with Crippen LogP contribution in [0.15, 0.2) is 42.5 Å². The molecular formula is C16H17N3S. The van der Waals surface area contributed by atoms with Gasteiger partial charge in [0.15, 0.2) is 5.82 Å². The van der Waals surface area contributed by atoms with Crippen molar-refractivity contribution in [2.45, 2.75) is 13.8 Å². The fourth-order valence-corrected chi connectivity index (χ4v) is 2.63. The maximum absolute atomic E-state index is 4.56. The largest absolute Gasteiger partial charge is 0.360 e. The minimum atomic E-state index is 0.600. The van der Waals surface area contributed by atoms with Gasteiger partial charge in [-0.2, -0.15) is 9.36 Å². The molecule has 0 saturated carbocycles. The second kappa shape index (κ2) is 5.59. The second-order valence-electron chi connectivity index (χ2n) is 5.26. The number of nitrogens with one attached hydrogen (secondary N) is 1. The van der Waals surface area contributed by atoms with Crippen LogP contribution in [0.1, 0.15) is 13.8 Å². The molecule has 1 heterocycles. The van der Waals surface area contributed by atoms with Crippen molar-refractivity contribution in [1.82, 2.24) is 9.36 Å². The summed E-state index contributed by atoms with van der Waals surface area (Å²) >= 11 is 1.42. The van der Waals surface area contributed by atoms with Crippen LogP contribution in [0.4, 0.5) is 5.13 Å². The molecule has 2 aromatic carbocycles. The van der Waals surface area contributed by atoms with Crippen LogP contribution in [-0.4, -0.2) is 15.9 Å². The number of aromatic nitrogens is 2. The molecule has 0 fully saturated rings. The molecule has 0 aliphatic heterocycles. The molecule has 0 radical (unpaired) electrons. The van der Waals surface area contributed by atoms with Gasteiger partial charge in [0.2, 0.25) is 5.13 Å². The maximum atomic E-state index is 4.56. The Morgan fingerprint density at radius 1 is 1.10 bits per heavy atom. The van der Waals surface area contributed by atoms with E-state index < -0.39 is 0 Å². The topological polar surface area (TPSA) is 37.8 Å². The lowest BCUT2D eigenvalue weighted by Gasteiger charge is -2.03. The quantitative estimate of drug-likeness (QED) is 0.770. The molecule has 1 aromatic heterocycles. The average molecular weight is 283 g/mol. The zero-order valence-corrected chi connectivity index (χ0v) is 12.4. The summed E-state index contributed by atoms with van der Waals surface area (Å²) in [5, 5.41) is 6.67. The summed E-state index contributed by atoms with van der Waals surface area (Å²) in [6.45, 7) is 5.28. The van der Waals surface area contributed by atoms with Crippen LogP contribution in [0.2, 0.25) is 0 Å². The predicted octanol–water partition coefficient (Wildman–Crippen LogP) is 4.43. The van der Waals surface area contributed by atoms with Gasteiger partial charge in [0, 0.05) is 23.6 Å². The number of hydrogen-bond donors (Lipinski definition) is 1. The Bertz CT molecular complexity index is 718. The van der Waals surface area contributed by atoms with Crippen LogP contribution in [-0.2, 0) is 0 Å². The van der Waals surface area contributed by atoms with E-state index in [-0.39, 0.29) is 0 Å². The van der Waals surface area contributed by atoms with E-state index in [1.54, 1.807) is 0 Å². The Hall–Kier alpha value is -1.94. The lowest BCUT2D eigenvalue weighted by molar-refractivity contribution is 0.688. The first-order valence-corrected chi connectivity index (χ1v) is 7.56. The molecule has 0 bridgehead atoms. The van der Waals surface area contributed by atoms with Crippen LogP contribution < -0.4 is 5.32 Å². The van der Waals surface area contributed by atoms with Crippen molar-refractivity contribution in [3.63, 3.8) is 0 Å². The summed E-state index contributed by atoms with van der Waals surface area (Å²) in [4.78, 5) is 4.56. The van der Waals surface area contributed by atoms with E-state index in [1.807, 2.05) is 0 Å². The summed E-state index contributed by atoms with van der Waals surface area (Å²) in [5.74, 6) is 1.40. The van der Waals surface area contributed by atoms with Gasteiger partial charge in [-0.25, -0.2) is 0 Å². The molecule has 0 saturated heterocycles. The monoisotopic (exact) mass is 283 g/mol. The molecule has 0 amide bonds. The van der Waals surface area contributed by atoms with E-state index in [2.05, 4.69) is 71.0 Å². The Balaban J connectivity index is 1.87. The molecular weight excluding hydrogens is 266 g/mol. The number of benzene rings is 2. The Morgan fingerprint density at radius 3 is 2.70 bits per heavy atom. The van der Waals surface area contributed by atoms with Crippen LogP contribution in [0, 0.1) is 5.92 Å². The molecule has 102 valence electrons. The third-order valence-electron chi connectivity index (χ3n) is 3.10. The van der Waals surface area contributed by atoms with Gasteiger partial charge in [0.1, 0.15) is 0 Å². The summed E-state index contributed by atoms with van der Waals surface area (Å²) in [6, 6.07) is 14.7. The highest BCUT2D eigenvalue weighted by Gasteiger charge is 2.07. The molecule has 0 unspecified atom stereocenters. The first-order chi connectivity index (χ1) is 9.72. The van der Waals surface area contributed by atoms with Crippen LogP contribution >= 0.6 is 11.5 Å². The maximum Gasteiger partial charge on any atom is 0.202 e. The summed E-state index contributed by atoms with van der Waals surface area (Å²) in [7, 11) is 0. The lowest BCUT2D eigenvalue weighted by Crippen LogP contribution is -2.07. The van der Waals surface area contributed by atoms with Gasteiger partial charge >= 0.3 is 0 Å². The van der Waals surface area contributed by atoms with Crippen LogP contribution in [0.5, 0.6) is 0 Å². The standard InChI is InChI=1S/C16H17N3S/c1-11(2)10-17-16-18-15(19-20-16)14-8-7-12-5-3-4-6-13(12)9-14/h3-9,11H,10H2,1-2H3,(H,17,18,19). The van der Waals surface area contributed by atoms with Crippen molar-refractivity contribution in [1.29, 1.82) is 0 Å². The highest BCUT2D eigenvalue weighted by molar-refractivity contribution is 7.09. The van der Waals surface area contributed by atoms with Gasteiger partial charge in [-0.1, -0.05) is 50.2 Å². The van der Waals surface area contributed by atoms with Crippen molar-refractivity contribution < 1.29 is 0 Å². The van der Waals surface area contributed by atoms with E-state index >= 15 is 0 Å². The summed E-state index contributed by atoms with van der Waals surface area (Å²) in [5.41, 5.74) is 1.07. The molecule has 4 heteroatoms. The zero-order valence-electron chi connectivity index (χ0n) is 11.6. The molecule has 0 aliphatic carbocycles. The van der Waals surface area contributed by atoms with Crippen molar-refractivity contribution in [2.75, 3.05) is 11.9 Å². The van der Waals surface area contributed by atoms with Gasteiger partial charge in [-0.05, 0) is 22.8 Å². The number of hydrogen-bond acceptors (Lipinski definition) is 4. The number of fused-ring (bicyclic) bond motifs is 1. The fourth-order valence-electron chi connectivity index (χ4n) is 2.03. The van der Waals surface area contributed by atoms with E-state index in [9.17, 15) is 0 Å². The SMILES string of the molecule is CC(C)CNc1nc(-c2ccc3ccccc3c2)ns1. The second-order valence-corrected chi connectivity index (χ2v) is 6.01. The third kappa shape index (κ3) is 2.80. The minimum absolute atomic E-state index is 0.600. The van der Waals surface area contributed by atoms with Crippen LogP contribution in [0.3, 0.4) is 0 Å². The molecule has 0 aliphatic rings. The molecule has 3 nitrogen and oxygen atoms in total. The summed E-state index contributed by atoms with van der Waals surface area (Å²) < 4.78 is 4.44. The molecule has 1 N–H and O–H groups in total. The van der Waals surface area contributed by atoms with Gasteiger partial charge in [-0.3, -0.25) is 0 Å². The number of anilines is 1. The summed E-state index contributed by atoms with van der Waals surface area (Å²) in [6.07, 6.45) is 0. The smallest absolute Gasteiger partial charge is 0.202 e. The normalized spacial score (nSPS) is 11.2. The Morgan fingerprint density at radius 2 is 1.90 bits per heavy atom. The van der Waals surface area contributed by atoms with Gasteiger partial charge in [-0.15, -0.1) is 0 Å². The molecule has 20 heavy (non-hydrogen) atoms. The first-order valence-electron chi connectivity index (χ1n) is 6.79. The van der Waals surface area contributed by atoms with E-state index in [0.717, 1.165) is 23.1 Å². The van der Waals surface area contributed by atoms with E-state index in [4.69, 9.17) is 0 Å². The third-order valence-corrected chi connectivity index (χ3v) is 3.77. The van der Waals surface area contributed by atoms with Crippen molar-refractivity contribution in [3.05, 3.63) is 42.5 Å². The van der Waals surface area contributed by atoms with Crippen molar-refractivity contribution >= 4 is 27.4 Å². The zero-order chi connectivity index (χ0) is 13.9. The first kappa shape index (κ1) is 13.1. The van der Waals surface area contributed by atoms with Gasteiger partial charge in [0.25, 0.3) is 0 Å². The number of rotatable bonds is 4. The van der Waals surface area contributed by atoms with E-state index in [1.165, 1.54) is 22.3 Å². The highest BCUT2D eigenvalue weighted by atomic mass is 32.1. The van der Waals surface area contributed by atoms with Gasteiger partial charge in [0.05, 0.1) is 0 Å². The number of nitrogens with zero attached hydrogens (tertiary/aromatic N) is 2. The fraction of sp³-hybridized carbons (Fsp3) is 0.250. The molecule has 3 aromatic rings. The average Bonchev–Trinajstić information content (AvgIpc) is 2.93. The Labute approximate surface area is 122 Å². The molecule has 0 spiro atoms. The molecule has 0 atom stereocenters. The molecule has 3 rings (SSSR count). The van der Waals surface area contributed by atoms with Crippen molar-refractivity contribution in [3.8, 4) is 11.4 Å². The highest BCUT2D eigenvalue weighted by Crippen LogP contribution is 2.25. The lowest BCUT2D eigenvalue weighted by atomic mass is 10.1.